The molecule has 2 rings (SSSR count). The molecule has 8 nitrogen and oxygen atoms in total. The average Bonchev–Trinajstić information content (AvgIpc) is 2.88. The van der Waals surface area contributed by atoms with E-state index in [9.17, 15) is 18.0 Å². The maximum absolute atomic E-state index is 13.4. The summed E-state index contributed by atoms with van der Waals surface area (Å²) in [6, 6.07) is 16.2. The van der Waals surface area contributed by atoms with Crippen LogP contribution in [0.4, 0.5) is 5.69 Å². The van der Waals surface area contributed by atoms with Gasteiger partial charge in [0.05, 0.1) is 18.6 Å². The summed E-state index contributed by atoms with van der Waals surface area (Å²) in [5, 5.41) is 2.92. The van der Waals surface area contributed by atoms with Gasteiger partial charge in [0.25, 0.3) is 0 Å². The van der Waals surface area contributed by atoms with Crippen LogP contribution in [0.5, 0.6) is 5.75 Å². The molecule has 0 bridgehead atoms. The molecule has 0 aromatic heterocycles. The lowest BCUT2D eigenvalue weighted by atomic mass is 10.1. The molecule has 2 aromatic carbocycles. The van der Waals surface area contributed by atoms with E-state index < -0.39 is 16.1 Å². The molecule has 0 radical (unpaired) electrons. The molecule has 9 heteroatoms. The standard InChI is InChI=1S/C28H41N3O5S/c1-5-20-29-28(33)24(6-2)30(22-19-23-14-9-8-10-15-23)27(32)18-13-21-31(37(4,34)35)25-16-11-12-17-26(25)36-7-3/h8-12,14-17,24H,5-7,13,18-22H2,1-4H3,(H,29,33)/t24-/m1/s1. The van der Waals surface area contributed by atoms with Crippen LogP contribution >= 0.6 is 0 Å². The predicted molar refractivity (Wildman–Crippen MR) is 148 cm³/mol. The minimum absolute atomic E-state index is 0.120. The lowest BCUT2D eigenvalue weighted by Crippen LogP contribution is -2.50. The van der Waals surface area contributed by atoms with Crippen LogP contribution in [0.15, 0.2) is 54.6 Å². The third-order valence-electron chi connectivity index (χ3n) is 6.01. The molecular formula is C28H41N3O5S. The van der Waals surface area contributed by atoms with E-state index in [4.69, 9.17) is 4.74 Å². The van der Waals surface area contributed by atoms with Gasteiger partial charge in [-0.25, -0.2) is 8.42 Å². The Kier molecular flexibility index (Phi) is 12.4. The fourth-order valence-corrected chi connectivity index (χ4v) is 5.15. The van der Waals surface area contributed by atoms with Crippen LogP contribution in [-0.2, 0) is 26.0 Å². The number of carbonyl (C=O) groups is 2. The highest BCUT2D eigenvalue weighted by Crippen LogP contribution is 2.30. The Morgan fingerprint density at radius 1 is 0.973 bits per heavy atom. The van der Waals surface area contributed by atoms with Crippen molar-refractivity contribution in [3.05, 3.63) is 60.2 Å². The third-order valence-corrected chi connectivity index (χ3v) is 7.19. The van der Waals surface area contributed by atoms with Crippen molar-refractivity contribution in [2.45, 2.75) is 58.9 Å². The van der Waals surface area contributed by atoms with Crippen LogP contribution in [0, 0.1) is 0 Å². The van der Waals surface area contributed by atoms with Gasteiger partial charge in [-0.1, -0.05) is 56.3 Å². The number of nitrogens with one attached hydrogen (secondary N) is 1. The zero-order chi connectivity index (χ0) is 27.3. The largest absolute Gasteiger partial charge is 0.492 e. The number of amides is 2. The van der Waals surface area contributed by atoms with Crippen molar-refractivity contribution >= 4 is 27.5 Å². The second-order valence-corrected chi connectivity index (χ2v) is 10.8. The van der Waals surface area contributed by atoms with Gasteiger partial charge >= 0.3 is 0 Å². The van der Waals surface area contributed by atoms with Crippen LogP contribution in [0.25, 0.3) is 0 Å². The van der Waals surface area contributed by atoms with Crippen molar-refractivity contribution < 1.29 is 22.7 Å². The molecule has 2 aromatic rings. The van der Waals surface area contributed by atoms with Gasteiger partial charge in [-0.15, -0.1) is 0 Å². The molecular weight excluding hydrogens is 490 g/mol. The molecule has 0 saturated heterocycles. The lowest BCUT2D eigenvalue weighted by Gasteiger charge is -2.31. The number of carbonyl (C=O) groups excluding carboxylic acids is 2. The van der Waals surface area contributed by atoms with Gasteiger partial charge < -0.3 is 15.0 Å². The molecule has 0 unspecified atom stereocenters. The summed E-state index contributed by atoms with van der Waals surface area (Å²) < 4.78 is 32.2. The molecule has 2 amide bonds. The number of sulfonamides is 1. The van der Waals surface area contributed by atoms with E-state index in [1.54, 1.807) is 29.2 Å². The van der Waals surface area contributed by atoms with Gasteiger partial charge in [0, 0.05) is 26.1 Å². The summed E-state index contributed by atoms with van der Waals surface area (Å²) in [7, 11) is -3.60. The first-order chi connectivity index (χ1) is 17.7. The van der Waals surface area contributed by atoms with E-state index in [1.165, 1.54) is 4.31 Å². The summed E-state index contributed by atoms with van der Waals surface area (Å²) in [5.41, 5.74) is 1.53. The van der Waals surface area contributed by atoms with Crippen molar-refractivity contribution in [1.82, 2.24) is 10.2 Å². The number of benzene rings is 2. The van der Waals surface area contributed by atoms with E-state index in [2.05, 4.69) is 5.32 Å². The monoisotopic (exact) mass is 531 g/mol. The molecule has 0 aliphatic rings. The van der Waals surface area contributed by atoms with Gasteiger partial charge in [-0.05, 0) is 50.3 Å². The first-order valence-electron chi connectivity index (χ1n) is 13.0. The molecule has 1 atom stereocenters. The first-order valence-corrected chi connectivity index (χ1v) is 14.9. The zero-order valence-corrected chi connectivity index (χ0v) is 23.3. The third kappa shape index (κ3) is 9.39. The Morgan fingerprint density at radius 2 is 1.65 bits per heavy atom. The van der Waals surface area contributed by atoms with Crippen molar-refractivity contribution in [1.29, 1.82) is 0 Å². The second kappa shape index (κ2) is 15.2. The molecule has 37 heavy (non-hydrogen) atoms. The van der Waals surface area contributed by atoms with Gasteiger partial charge in [-0.3, -0.25) is 13.9 Å². The molecule has 0 aliphatic carbocycles. The molecule has 0 aliphatic heterocycles. The fourth-order valence-electron chi connectivity index (χ4n) is 4.19. The van der Waals surface area contributed by atoms with E-state index in [-0.39, 0.29) is 24.8 Å². The number of rotatable bonds is 16. The maximum Gasteiger partial charge on any atom is 0.242 e. The highest BCUT2D eigenvalue weighted by molar-refractivity contribution is 7.92. The summed E-state index contributed by atoms with van der Waals surface area (Å²) in [6.45, 7) is 7.21. The van der Waals surface area contributed by atoms with Crippen LogP contribution in [0.1, 0.15) is 52.0 Å². The Morgan fingerprint density at radius 3 is 2.27 bits per heavy atom. The Labute approximate surface area is 222 Å². The summed E-state index contributed by atoms with van der Waals surface area (Å²) in [4.78, 5) is 28.0. The van der Waals surface area contributed by atoms with Crippen molar-refractivity contribution in [2.75, 3.05) is 36.8 Å². The summed E-state index contributed by atoms with van der Waals surface area (Å²) in [6.07, 6.45) is 3.50. The maximum atomic E-state index is 13.4. The molecule has 1 N–H and O–H groups in total. The Bertz CT molecular complexity index is 1090. The molecule has 0 spiro atoms. The number of para-hydroxylation sites is 2. The molecule has 0 heterocycles. The number of hydrogen-bond donors (Lipinski definition) is 1. The number of nitrogens with zero attached hydrogens (tertiary/aromatic N) is 2. The van der Waals surface area contributed by atoms with Crippen molar-refractivity contribution in [3.63, 3.8) is 0 Å². The smallest absolute Gasteiger partial charge is 0.242 e. The summed E-state index contributed by atoms with van der Waals surface area (Å²) >= 11 is 0. The second-order valence-electron chi connectivity index (χ2n) is 8.88. The highest BCUT2D eigenvalue weighted by Gasteiger charge is 2.28. The van der Waals surface area contributed by atoms with E-state index in [0.29, 0.717) is 50.4 Å². The van der Waals surface area contributed by atoms with Gasteiger partial charge in [0.2, 0.25) is 21.8 Å². The quantitative estimate of drug-likeness (QED) is 0.353. The number of anilines is 1. The van der Waals surface area contributed by atoms with Crippen LogP contribution < -0.4 is 14.4 Å². The van der Waals surface area contributed by atoms with Gasteiger partial charge in [0.1, 0.15) is 11.8 Å². The zero-order valence-electron chi connectivity index (χ0n) is 22.5. The van der Waals surface area contributed by atoms with E-state index >= 15 is 0 Å². The Hall–Kier alpha value is -3.07. The van der Waals surface area contributed by atoms with Crippen molar-refractivity contribution in [2.24, 2.45) is 0 Å². The number of hydrogen-bond acceptors (Lipinski definition) is 5. The predicted octanol–water partition coefficient (Wildman–Crippen LogP) is 4.01. The van der Waals surface area contributed by atoms with Crippen LogP contribution in [-0.4, -0.2) is 63.7 Å². The summed E-state index contributed by atoms with van der Waals surface area (Å²) in [5.74, 6) is 0.153. The topological polar surface area (TPSA) is 96.0 Å². The SMILES string of the molecule is CCCNC(=O)[C@@H](CC)N(CCc1ccccc1)C(=O)CCCN(c1ccccc1OCC)S(C)(=O)=O. The van der Waals surface area contributed by atoms with E-state index in [0.717, 1.165) is 18.2 Å². The molecule has 204 valence electrons. The normalized spacial score (nSPS) is 12.0. The first kappa shape index (κ1) is 30.2. The Balaban J connectivity index is 2.18. The van der Waals surface area contributed by atoms with E-state index in [1.807, 2.05) is 51.1 Å². The van der Waals surface area contributed by atoms with Crippen molar-refractivity contribution in [3.8, 4) is 5.75 Å². The van der Waals surface area contributed by atoms with Gasteiger partial charge in [-0.2, -0.15) is 0 Å². The average molecular weight is 532 g/mol. The fraction of sp³-hybridized carbons (Fsp3) is 0.500. The van der Waals surface area contributed by atoms with Gasteiger partial charge in [0.15, 0.2) is 0 Å². The van der Waals surface area contributed by atoms with Crippen LogP contribution in [0.2, 0.25) is 0 Å². The highest BCUT2D eigenvalue weighted by atomic mass is 32.2. The van der Waals surface area contributed by atoms with Crippen LogP contribution in [0.3, 0.4) is 0 Å². The lowest BCUT2D eigenvalue weighted by molar-refractivity contribution is -0.140. The minimum atomic E-state index is -3.60. The minimum Gasteiger partial charge on any atom is -0.492 e. The molecule has 0 saturated carbocycles. The molecule has 0 fully saturated rings. The number of ether oxygens (including phenoxy) is 1.